The minimum Gasteiger partial charge on any atom is -0.457 e. The molecule has 1 unspecified atom stereocenters. The molecule has 0 N–H and O–H groups in total. The quantitative estimate of drug-likeness (QED) is 0.376. The third kappa shape index (κ3) is 4.86. The van der Waals surface area contributed by atoms with Crippen molar-refractivity contribution >= 4 is 0 Å². The van der Waals surface area contributed by atoms with Gasteiger partial charge in [0, 0.05) is 5.41 Å². The van der Waals surface area contributed by atoms with Crippen LogP contribution in [0.15, 0.2) is 85.5 Å². The van der Waals surface area contributed by atoms with Gasteiger partial charge in [0.25, 0.3) is 0 Å². The van der Waals surface area contributed by atoms with Gasteiger partial charge in [0.1, 0.15) is 11.5 Å². The summed E-state index contributed by atoms with van der Waals surface area (Å²) in [5.41, 5.74) is 1.50. The largest absolute Gasteiger partial charge is 0.457 e. The van der Waals surface area contributed by atoms with Gasteiger partial charge >= 0.3 is 0 Å². The Balaban J connectivity index is 1.64. The lowest BCUT2D eigenvalue weighted by atomic mass is 9.78. The fourth-order valence-corrected chi connectivity index (χ4v) is 3.26. The number of rotatable bonds is 8. The van der Waals surface area contributed by atoms with Gasteiger partial charge in [-0.2, -0.15) is 0 Å². The molecule has 28 heavy (non-hydrogen) atoms. The van der Waals surface area contributed by atoms with Crippen LogP contribution in [0.4, 0.5) is 8.78 Å². The van der Waals surface area contributed by atoms with Crippen molar-refractivity contribution in [3.05, 3.63) is 108 Å². The summed E-state index contributed by atoms with van der Waals surface area (Å²) in [6.45, 7) is 5.91. The second kappa shape index (κ2) is 8.83. The molecule has 3 heteroatoms. The Morgan fingerprint density at radius 3 is 2.36 bits per heavy atom. The lowest BCUT2D eigenvalue weighted by Crippen LogP contribution is -2.19. The van der Waals surface area contributed by atoms with Gasteiger partial charge in [0.15, 0.2) is 11.6 Å². The van der Waals surface area contributed by atoms with Gasteiger partial charge in [-0.1, -0.05) is 49.4 Å². The number of benzene rings is 3. The van der Waals surface area contributed by atoms with Gasteiger partial charge in [-0.3, -0.25) is 0 Å². The summed E-state index contributed by atoms with van der Waals surface area (Å²) in [7, 11) is 0. The highest BCUT2D eigenvalue weighted by atomic mass is 19.2. The molecule has 0 amide bonds. The van der Waals surface area contributed by atoms with E-state index in [1.807, 2.05) is 61.5 Å². The van der Waals surface area contributed by atoms with Gasteiger partial charge in [0.05, 0.1) is 0 Å². The van der Waals surface area contributed by atoms with E-state index in [4.69, 9.17) is 4.74 Å². The maximum absolute atomic E-state index is 13.6. The summed E-state index contributed by atoms with van der Waals surface area (Å²) < 4.78 is 32.8. The summed E-state index contributed by atoms with van der Waals surface area (Å²) >= 11 is 0. The Kier molecular flexibility index (Phi) is 6.25. The highest BCUT2D eigenvalue weighted by molar-refractivity contribution is 5.34. The zero-order valence-electron chi connectivity index (χ0n) is 16.0. The van der Waals surface area contributed by atoms with E-state index >= 15 is 0 Å². The highest BCUT2D eigenvalue weighted by Crippen LogP contribution is 2.32. The maximum atomic E-state index is 13.6. The summed E-state index contributed by atoms with van der Waals surface area (Å²) in [6.07, 6.45) is 4.34. The van der Waals surface area contributed by atoms with Crippen LogP contribution in [0, 0.1) is 11.6 Å². The van der Waals surface area contributed by atoms with Crippen LogP contribution in [0.25, 0.3) is 0 Å². The topological polar surface area (TPSA) is 9.23 Å². The number of ether oxygens (including phenoxy) is 1. The third-order valence-corrected chi connectivity index (χ3v) is 5.07. The number of hydrogen-bond acceptors (Lipinski definition) is 1. The molecule has 1 atom stereocenters. The molecule has 0 aliphatic heterocycles. The first-order valence-electron chi connectivity index (χ1n) is 9.41. The van der Waals surface area contributed by atoms with E-state index in [2.05, 4.69) is 12.6 Å². The first-order chi connectivity index (χ1) is 13.5. The Hall–Kier alpha value is -2.94. The molecular weight excluding hydrogens is 354 g/mol. The second-order valence-electron chi connectivity index (χ2n) is 7.17. The van der Waals surface area contributed by atoms with Crippen LogP contribution in [0.3, 0.4) is 0 Å². The minimum atomic E-state index is -0.828. The van der Waals surface area contributed by atoms with Crippen molar-refractivity contribution < 1.29 is 13.5 Å². The smallest absolute Gasteiger partial charge is 0.159 e. The van der Waals surface area contributed by atoms with Crippen LogP contribution < -0.4 is 4.74 Å². The average molecular weight is 378 g/mol. The first-order valence-corrected chi connectivity index (χ1v) is 9.41. The monoisotopic (exact) mass is 378 g/mol. The Morgan fingerprint density at radius 2 is 1.64 bits per heavy atom. The van der Waals surface area contributed by atoms with Crippen molar-refractivity contribution in [2.75, 3.05) is 0 Å². The predicted molar refractivity (Wildman–Crippen MR) is 110 cm³/mol. The second-order valence-corrected chi connectivity index (χ2v) is 7.17. The Morgan fingerprint density at radius 1 is 0.893 bits per heavy atom. The molecule has 0 radical (unpaired) electrons. The zero-order valence-corrected chi connectivity index (χ0v) is 16.0. The van der Waals surface area contributed by atoms with E-state index in [1.165, 1.54) is 17.7 Å². The van der Waals surface area contributed by atoms with E-state index < -0.39 is 17.0 Å². The first kappa shape index (κ1) is 19.8. The van der Waals surface area contributed by atoms with Crippen molar-refractivity contribution in [2.45, 2.75) is 31.6 Å². The molecule has 3 aromatic rings. The van der Waals surface area contributed by atoms with E-state index in [1.54, 1.807) is 6.07 Å². The molecule has 1 nitrogen and oxygen atoms in total. The minimum absolute atomic E-state index is 0.410. The predicted octanol–water partition coefficient (Wildman–Crippen LogP) is 7.22. The number of aryl methyl sites for hydroxylation is 1. The molecule has 0 spiro atoms. The Bertz CT molecular complexity index is 936. The van der Waals surface area contributed by atoms with E-state index in [0.29, 0.717) is 0 Å². The third-order valence-electron chi connectivity index (χ3n) is 5.07. The SMILES string of the molecule is C=CC(C)(CCCc1cccc(Oc2ccccc2)c1)c1ccc(F)c(F)c1. The number of hydrogen-bond donors (Lipinski definition) is 0. The van der Waals surface area contributed by atoms with Crippen LogP contribution in [-0.2, 0) is 11.8 Å². The van der Waals surface area contributed by atoms with Crippen LogP contribution in [-0.4, -0.2) is 0 Å². The van der Waals surface area contributed by atoms with Gasteiger partial charge in [0.2, 0.25) is 0 Å². The molecule has 3 rings (SSSR count). The summed E-state index contributed by atoms with van der Waals surface area (Å²) in [5.74, 6) is -0.0465. The van der Waals surface area contributed by atoms with E-state index in [-0.39, 0.29) is 0 Å². The van der Waals surface area contributed by atoms with Gasteiger partial charge in [-0.05, 0) is 66.8 Å². The molecule has 0 aliphatic rings. The molecule has 0 aromatic heterocycles. The Labute approximate surface area is 165 Å². The van der Waals surface area contributed by atoms with Gasteiger partial charge in [-0.15, -0.1) is 6.58 Å². The molecule has 0 aliphatic carbocycles. The van der Waals surface area contributed by atoms with Crippen molar-refractivity contribution in [3.63, 3.8) is 0 Å². The van der Waals surface area contributed by atoms with Crippen LogP contribution in [0.5, 0.6) is 11.5 Å². The van der Waals surface area contributed by atoms with E-state index in [9.17, 15) is 8.78 Å². The van der Waals surface area contributed by atoms with Crippen molar-refractivity contribution in [1.82, 2.24) is 0 Å². The lowest BCUT2D eigenvalue weighted by Gasteiger charge is -2.26. The van der Waals surface area contributed by atoms with Crippen LogP contribution >= 0.6 is 0 Å². The van der Waals surface area contributed by atoms with Crippen LogP contribution in [0.2, 0.25) is 0 Å². The molecule has 0 saturated heterocycles. The molecular formula is C25H24F2O. The molecule has 0 bridgehead atoms. The van der Waals surface area contributed by atoms with Crippen molar-refractivity contribution in [2.24, 2.45) is 0 Å². The lowest BCUT2D eigenvalue weighted by molar-refractivity contribution is 0.479. The molecule has 3 aromatic carbocycles. The normalized spacial score (nSPS) is 13.0. The molecule has 0 fully saturated rings. The van der Waals surface area contributed by atoms with Crippen molar-refractivity contribution in [1.29, 1.82) is 0 Å². The van der Waals surface area contributed by atoms with Gasteiger partial charge in [-0.25, -0.2) is 8.78 Å². The zero-order chi connectivity index (χ0) is 20.0. The van der Waals surface area contributed by atoms with E-state index in [0.717, 1.165) is 36.3 Å². The summed E-state index contributed by atoms with van der Waals surface area (Å²) in [6, 6.07) is 21.8. The fourth-order valence-electron chi connectivity index (χ4n) is 3.26. The molecule has 0 heterocycles. The summed E-state index contributed by atoms with van der Waals surface area (Å²) in [4.78, 5) is 0. The standard InChI is InChI=1S/C25H24F2O/c1-3-25(2,20-14-15-23(26)24(27)18-20)16-8-10-19-9-7-13-22(17-19)28-21-11-5-4-6-12-21/h3-7,9,11-15,17-18H,1,8,10,16H2,2H3. The molecule has 0 saturated carbocycles. The molecule has 144 valence electrons. The summed E-state index contributed by atoms with van der Waals surface area (Å²) in [5, 5.41) is 0. The van der Waals surface area contributed by atoms with Crippen molar-refractivity contribution in [3.8, 4) is 11.5 Å². The highest BCUT2D eigenvalue weighted by Gasteiger charge is 2.23. The number of allylic oxidation sites excluding steroid dienone is 1. The fraction of sp³-hybridized carbons (Fsp3) is 0.200. The van der Waals surface area contributed by atoms with Gasteiger partial charge < -0.3 is 4.74 Å². The average Bonchev–Trinajstić information content (AvgIpc) is 2.71. The maximum Gasteiger partial charge on any atom is 0.159 e. The number of para-hydroxylation sites is 1. The van der Waals surface area contributed by atoms with Crippen LogP contribution in [0.1, 0.15) is 30.9 Å². The number of halogens is 2.